The number of hydrogen-bond acceptors (Lipinski definition) is 4. The number of nitrogens with zero attached hydrogens (tertiary/aromatic N) is 2. The molecule has 1 aromatic carbocycles. The number of benzene rings is 1. The number of amides is 1. The van der Waals surface area contributed by atoms with Crippen molar-refractivity contribution in [2.24, 2.45) is 5.92 Å². The molecule has 1 aromatic heterocycles. The number of oxazole rings is 1. The Morgan fingerprint density at radius 3 is 2.84 bits per heavy atom. The molecule has 0 radical (unpaired) electrons. The molecular formula is C20H26N2O3. The highest BCUT2D eigenvalue weighted by Crippen LogP contribution is 2.25. The molecule has 1 fully saturated rings. The number of aryl methyl sites for hydroxylation is 2. The minimum Gasteiger partial charge on any atom is -0.441 e. The lowest BCUT2D eigenvalue weighted by molar-refractivity contribution is -0.137. The van der Waals surface area contributed by atoms with Crippen LogP contribution in [0, 0.1) is 12.8 Å². The number of rotatable bonds is 5. The zero-order valence-corrected chi connectivity index (χ0v) is 14.9. The van der Waals surface area contributed by atoms with Gasteiger partial charge >= 0.3 is 0 Å². The monoisotopic (exact) mass is 342 g/mol. The molecule has 0 saturated carbocycles. The number of carbonyl (C=O) groups excluding carboxylic acids is 1. The fraction of sp³-hybridized carbons (Fsp3) is 0.500. The van der Waals surface area contributed by atoms with Gasteiger partial charge in [0.2, 0.25) is 5.91 Å². The summed E-state index contributed by atoms with van der Waals surface area (Å²) in [7, 11) is 0. The molecule has 5 heteroatoms. The van der Waals surface area contributed by atoms with Gasteiger partial charge in [0.25, 0.3) is 0 Å². The molecule has 0 aliphatic carbocycles. The average molecular weight is 342 g/mol. The number of piperidine rings is 1. The highest BCUT2D eigenvalue weighted by Gasteiger charge is 2.31. The van der Waals surface area contributed by atoms with Crippen molar-refractivity contribution in [2.45, 2.75) is 45.6 Å². The van der Waals surface area contributed by atoms with E-state index in [2.05, 4.69) is 11.9 Å². The summed E-state index contributed by atoms with van der Waals surface area (Å²) in [6, 6.07) is 8.02. The molecular weight excluding hydrogens is 316 g/mol. The zero-order valence-electron chi connectivity index (χ0n) is 14.9. The van der Waals surface area contributed by atoms with Crippen molar-refractivity contribution in [3.63, 3.8) is 0 Å². The zero-order chi connectivity index (χ0) is 17.8. The summed E-state index contributed by atoms with van der Waals surface area (Å²) in [5.74, 6) is 1.72. The second-order valence-corrected chi connectivity index (χ2v) is 6.94. The Morgan fingerprint density at radius 2 is 2.12 bits per heavy atom. The van der Waals surface area contributed by atoms with E-state index >= 15 is 0 Å². The summed E-state index contributed by atoms with van der Waals surface area (Å²) in [4.78, 5) is 18.7. The van der Waals surface area contributed by atoms with Gasteiger partial charge in [-0.1, -0.05) is 36.8 Å². The van der Waals surface area contributed by atoms with Crippen molar-refractivity contribution in [2.75, 3.05) is 13.2 Å². The molecule has 1 aliphatic rings. The van der Waals surface area contributed by atoms with Gasteiger partial charge in [-0.05, 0) is 25.7 Å². The standard InChI is InChI=1S/C20H26N2O3/c1-14-5-7-16(8-6-14)18-12-21-19(25-18)9-10-20(24)22-11-3-4-15(2)17(22)13-23/h5-8,12,15,17,23H,3-4,9-11,13H2,1-2H3. The van der Waals surface area contributed by atoms with Crippen LogP contribution in [0.25, 0.3) is 11.3 Å². The Labute approximate surface area is 148 Å². The largest absolute Gasteiger partial charge is 0.441 e. The lowest BCUT2D eigenvalue weighted by Crippen LogP contribution is -2.49. The van der Waals surface area contributed by atoms with Gasteiger partial charge in [-0.2, -0.15) is 0 Å². The third-order valence-corrected chi connectivity index (χ3v) is 5.07. The first-order valence-electron chi connectivity index (χ1n) is 9.00. The Balaban J connectivity index is 1.60. The Hall–Kier alpha value is -2.14. The van der Waals surface area contributed by atoms with E-state index in [0.29, 0.717) is 24.7 Å². The topological polar surface area (TPSA) is 66.6 Å². The van der Waals surface area contributed by atoms with E-state index < -0.39 is 0 Å². The van der Waals surface area contributed by atoms with Crippen LogP contribution in [0.5, 0.6) is 0 Å². The van der Waals surface area contributed by atoms with Gasteiger partial charge in [-0.25, -0.2) is 4.98 Å². The number of carbonyl (C=O) groups is 1. The van der Waals surface area contributed by atoms with Crippen LogP contribution in [-0.4, -0.2) is 40.1 Å². The van der Waals surface area contributed by atoms with Gasteiger partial charge in [0.15, 0.2) is 11.7 Å². The van der Waals surface area contributed by atoms with Crippen molar-refractivity contribution in [3.8, 4) is 11.3 Å². The summed E-state index contributed by atoms with van der Waals surface area (Å²) in [5, 5.41) is 9.59. The van der Waals surface area contributed by atoms with E-state index in [0.717, 1.165) is 30.7 Å². The van der Waals surface area contributed by atoms with Crippen LogP contribution in [0.2, 0.25) is 0 Å². The Morgan fingerprint density at radius 1 is 1.36 bits per heavy atom. The quantitative estimate of drug-likeness (QED) is 0.906. The van der Waals surface area contributed by atoms with E-state index in [1.54, 1.807) is 6.20 Å². The van der Waals surface area contributed by atoms with Gasteiger partial charge in [0.05, 0.1) is 18.8 Å². The third kappa shape index (κ3) is 4.10. The van der Waals surface area contributed by atoms with Gasteiger partial charge in [0, 0.05) is 24.9 Å². The molecule has 0 spiro atoms. The molecule has 5 nitrogen and oxygen atoms in total. The highest BCUT2D eigenvalue weighted by molar-refractivity contribution is 5.76. The fourth-order valence-electron chi connectivity index (χ4n) is 3.47. The molecule has 25 heavy (non-hydrogen) atoms. The van der Waals surface area contributed by atoms with E-state index in [-0.39, 0.29) is 18.6 Å². The average Bonchev–Trinajstić information content (AvgIpc) is 3.09. The smallest absolute Gasteiger partial charge is 0.223 e. The van der Waals surface area contributed by atoms with Crippen LogP contribution in [0.4, 0.5) is 0 Å². The van der Waals surface area contributed by atoms with Crippen molar-refractivity contribution < 1.29 is 14.3 Å². The van der Waals surface area contributed by atoms with Crippen LogP contribution >= 0.6 is 0 Å². The molecule has 2 atom stereocenters. The molecule has 0 bridgehead atoms. The summed E-state index contributed by atoms with van der Waals surface area (Å²) in [6.07, 6.45) is 4.61. The second kappa shape index (κ2) is 7.83. The molecule has 1 aliphatic heterocycles. The minimum atomic E-state index is -0.0612. The van der Waals surface area contributed by atoms with Crippen molar-refractivity contribution in [1.82, 2.24) is 9.88 Å². The van der Waals surface area contributed by atoms with Crippen LogP contribution in [0.3, 0.4) is 0 Å². The summed E-state index contributed by atoms with van der Waals surface area (Å²) >= 11 is 0. The fourth-order valence-corrected chi connectivity index (χ4v) is 3.47. The number of likely N-dealkylation sites (tertiary alicyclic amines) is 1. The maximum Gasteiger partial charge on any atom is 0.223 e. The lowest BCUT2D eigenvalue weighted by atomic mass is 9.91. The van der Waals surface area contributed by atoms with E-state index in [9.17, 15) is 9.90 Å². The Bertz CT molecular complexity index is 708. The SMILES string of the molecule is Cc1ccc(-c2cnc(CCC(=O)N3CCCC(C)C3CO)o2)cc1. The number of hydrogen-bond donors (Lipinski definition) is 1. The van der Waals surface area contributed by atoms with Crippen molar-refractivity contribution in [1.29, 1.82) is 0 Å². The number of aromatic nitrogens is 1. The minimum absolute atomic E-state index is 0.0312. The normalized spacial score (nSPS) is 20.7. The van der Waals surface area contributed by atoms with Gasteiger partial charge in [-0.15, -0.1) is 0 Å². The molecule has 1 N–H and O–H groups in total. The lowest BCUT2D eigenvalue weighted by Gasteiger charge is -2.39. The molecule has 3 rings (SSSR count). The number of aliphatic hydroxyl groups is 1. The van der Waals surface area contributed by atoms with E-state index in [4.69, 9.17) is 4.42 Å². The van der Waals surface area contributed by atoms with Crippen molar-refractivity contribution in [3.05, 3.63) is 41.9 Å². The van der Waals surface area contributed by atoms with Crippen LogP contribution in [-0.2, 0) is 11.2 Å². The molecule has 134 valence electrons. The number of aliphatic hydroxyl groups excluding tert-OH is 1. The van der Waals surface area contributed by atoms with Gasteiger partial charge in [0.1, 0.15) is 0 Å². The maximum atomic E-state index is 12.5. The first-order chi connectivity index (χ1) is 12.1. The maximum absolute atomic E-state index is 12.5. The van der Waals surface area contributed by atoms with E-state index in [1.165, 1.54) is 5.56 Å². The second-order valence-electron chi connectivity index (χ2n) is 6.94. The molecule has 1 saturated heterocycles. The molecule has 2 heterocycles. The third-order valence-electron chi connectivity index (χ3n) is 5.07. The molecule has 1 amide bonds. The molecule has 2 aromatic rings. The van der Waals surface area contributed by atoms with Gasteiger partial charge in [-0.3, -0.25) is 4.79 Å². The first-order valence-corrected chi connectivity index (χ1v) is 9.00. The first kappa shape index (κ1) is 17.7. The Kier molecular flexibility index (Phi) is 5.53. The van der Waals surface area contributed by atoms with Crippen molar-refractivity contribution >= 4 is 5.91 Å². The predicted molar refractivity (Wildman–Crippen MR) is 96.0 cm³/mol. The van der Waals surface area contributed by atoms with Crippen LogP contribution in [0.1, 0.15) is 37.6 Å². The summed E-state index contributed by atoms with van der Waals surface area (Å²) < 4.78 is 5.79. The van der Waals surface area contributed by atoms with E-state index in [1.807, 2.05) is 36.1 Å². The summed E-state index contributed by atoms with van der Waals surface area (Å²) in [5.41, 5.74) is 2.18. The predicted octanol–water partition coefficient (Wildman–Crippen LogP) is 3.20. The van der Waals surface area contributed by atoms with Gasteiger partial charge < -0.3 is 14.4 Å². The molecule has 2 unspecified atom stereocenters. The highest BCUT2D eigenvalue weighted by atomic mass is 16.4. The van der Waals surface area contributed by atoms with Crippen LogP contribution in [0.15, 0.2) is 34.9 Å². The summed E-state index contributed by atoms with van der Waals surface area (Å²) in [6.45, 7) is 4.91. The van der Waals surface area contributed by atoms with Crippen LogP contribution < -0.4 is 0 Å².